The zero-order valence-corrected chi connectivity index (χ0v) is 6.29. The van der Waals surface area contributed by atoms with Gasteiger partial charge in [-0.3, -0.25) is 0 Å². The molecule has 0 N–H and O–H groups in total. The van der Waals surface area contributed by atoms with E-state index < -0.39 is 15.7 Å². The Balaban J connectivity index is 2.74. The van der Waals surface area contributed by atoms with Gasteiger partial charge in [0.2, 0.25) is 0 Å². The van der Waals surface area contributed by atoms with E-state index >= 15 is 0 Å². The van der Waals surface area contributed by atoms with Crippen LogP contribution in [-0.4, -0.2) is 10.3 Å². The van der Waals surface area contributed by atoms with Crippen LogP contribution in [0.1, 0.15) is 13.3 Å². The van der Waals surface area contributed by atoms with Crippen LogP contribution in [-0.2, 0) is 4.79 Å². The Morgan fingerprint density at radius 1 is 1.67 bits per heavy atom. The molecular weight excluding hydrogens is 163 g/mol. The summed E-state index contributed by atoms with van der Waals surface area (Å²) < 4.78 is -1.09. The quantitative estimate of drug-likeness (QED) is 0.529. The van der Waals surface area contributed by atoms with Crippen LogP contribution >= 0.6 is 23.2 Å². The number of halogens is 2. The zero-order valence-electron chi connectivity index (χ0n) is 4.78. The first-order valence-electron chi connectivity index (χ1n) is 2.49. The number of hydrogen-bond donors (Lipinski definition) is 0. The Morgan fingerprint density at radius 3 is 2.00 bits per heavy atom. The van der Waals surface area contributed by atoms with Crippen LogP contribution in [0.4, 0.5) is 0 Å². The first-order valence-corrected chi connectivity index (χ1v) is 3.25. The highest BCUT2D eigenvalue weighted by molar-refractivity contribution is 6.52. The molecule has 1 atom stereocenters. The Labute approximate surface area is 62.8 Å². The molecule has 0 spiro atoms. The van der Waals surface area contributed by atoms with Crippen LogP contribution in [0.25, 0.3) is 0 Å². The highest BCUT2D eigenvalue weighted by Gasteiger charge is 2.64. The molecule has 1 aliphatic carbocycles. The van der Waals surface area contributed by atoms with Crippen molar-refractivity contribution < 1.29 is 9.90 Å². The molecule has 0 bridgehead atoms. The van der Waals surface area contributed by atoms with Gasteiger partial charge in [0.05, 0.1) is 5.97 Å². The Hall–Kier alpha value is 0.0500. The molecule has 0 unspecified atom stereocenters. The minimum Gasteiger partial charge on any atom is -0.549 e. The van der Waals surface area contributed by atoms with Crippen LogP contribution in [0.2, 0.25) is 0 Å². The van der Waals surface area contributed by atoms with Gasteiger partial charge >= 0.3 is 0 Å². The lowest BCUT2D eigenvalue weighted by Gasteiger charge is -2.11. The van der Waals surface area contributed by atoms with Crippen LogP contribution < -0.4 is 5.11 Å². The van der Waals surface area contributed by atoms with Gasteiger partial charge in [0.1, 0.15) is 4.33 Å². The van der Waals surface area contributed by atoms with E-state index in [1.165, 1.54) is 6.92 Å². The number of aliphatic carboxylic acids is 1. The van der Waals surface area contributed by atoms with Crippen molar-refractivity contribution in [3.63, 3.8) is 0 Å². The molecule has 2 nitrogen and oxygen atoms in total. The molecule has 0 amide bonds. The summed E-state index contributed by atoms with van der Waals surface area (Å²) in [5.41, 5.74) is -1.02. The van der Waals surface area contributed by atoms with E-state index in [1.807, 2.05) is 0 Å². The maximum absolute atomic E-state index is 10.2. The third kappa shape index (κ3) is 0.812. The van der Waals surface area contributed by atoms with Crippen LogP contribution in [0, 0.1) is 5.41 Å². The lowest BCUT2D eigenvalue weighted by atomic mass is 10.1. The predicted molar refractivity (Wildman–Crippen MR) is 32.2 cm³/mol. The molecule has 0 saturated heterocycles. The molecule has 0 aromatic heterocycles. The smallest absolute Gasteiger partial charge is 0.129 e. The Bertz CT molecular complexity index is 166. The van der Waals surface area contributed by atoms with Crippen LogP contribution in [0.5, 0.6) is 0 Å². The van der Waals surface area contributed by atoms with Gasteiger partial charge in [-0.2, -0.15) is 0 Å². The second-order valence-corrected chi connectivity index (χ2v) is 3.98. The molecule has 0 aliphatic heterocycles. The number of carboxylic acid groups (broad SMARTS) is 1. The summed E-state index contributed by atoms with van der Waals surface area (Å²) in [5.74, 6) is -1.17. The molecule has 0 aromatic carbocycles. The SMILES string of the molecule is C[C@@]1(C(=O)[O-])CC1(Cl)Cl. The number of carbonyl (C=O) groups excluding carboxylic acids is 1. The average molecular weight is 168 g/mol. The molecular formula is C5H5Cl2O2-. The van der Waals surface area contributed by atoms with Crippen LogP contribution in [0.3, 0.4) is 0 Å². The summed E-state index contributed by atoms with van der Waals surface area (Å²) in [6.45, 7) is 1.47. The summed E-state index contributed by atoms with van der Waals surface area (Å²) in [5, 5.41) is 10.2. The topological polar surface area (TPSA) is 40.1 Å². The fourth-order valence-corrected chi connectivity index (χ4v) is 1.31. The maximum atomic E-state index is 10.2. The van der Waals surface area contributed by atoms with Gasteiger partial charge in [-0.05, 0) is 6.42 Å². The third-order valence-electron chi connectivity index (χ3n) is 1.71. The van der Waals surface area contributed by atoms with Crippen LogP contribution in [0.15, 0.2) is 0 Å². The van der Waals surface area contributed by atoms with Crippen molar-refractivity contribution in [2.45, 2.75) is 17.7 Å². The van der Waals surface area contributed by atoms with Crippen molar-refractivity contribution in [1.29, 1.82) is 0 Å². The number of carboxylic acids is 1. The van der Waals surface area contributed by atoms with Crippen molar-refractivity contribution in [3.05, 3.63) is 0 Å². The van der Waals surface area contributed by atoms with Crippen molar-refractivity contribution in [2.24, 2.45) is 5.41 Å². The summed E-state index contributed by atoms with van der Waals surface area (Å²) in [4.78, 5) is 10.2. The second kappa shape index (κ2) is 1.55. The summed E-state index contributed by atoms with van der Waals surface area (Å²) in [7, 11) is 0. The highest BCUT2D eigenvalue weighted by Crippen LogP contribution is 2.63. The first-order chi connectivity index (χ1) is 3.90. The molecule has 1 aliphatic rings. The summed E-state index contributed by atoms with van der Waals surface area (Å²) in [6, 6.07) is 0. The number of alkyl halides is 2. The molecule has 0 aromatic rings. The van der Waals surface area contributed by atoms with Gasteiger partial charge in [0.25, 0.3) is 0 Å². The standard InChI is InChI=1S/C5H6Cl2O2/c1-4(3(8)9)2-5(4,6)7/h2H2,1H3,(H,8,9)/p-1/t4-/m0/s1. The van der Waals surface area contributed by atoms with E-state index in [4.69, 9.17) is 23.2 Å². The lowest BCUT2D eigenvalue weighted by Crippen LogP contribution is -2.33. The van der Waals surface area contributed by atoms with Gasteiger partial charge < -0.3 is 9.90 Å². The molecule has 0 heterocycles. The van der Waals surface area contributed by atoms with Crippen molar-refractivity contribution >= 4 is 29.2 Å². The second-order valence-electron chi connectivity index (χ2n) is 2.50. The monoisotopic (exact) mass is 167 g/mol. The summed E-state index contributed by atoms with van der Waals surface area (Å²) >= 11 is 11.0. The highest BCUT2D eigenvalue weighted by atomic mass is 35.5. The van der Waals surface area contributed by atoms with Crippen molar-refractivity contribution in [1.82, 2.24) is 0 Å². The summed E-state index contributed by atoms with van der Waals surface area (Å²) in [6.07, 6.45) is 0.283. The fraction of sp³-hybridized carbons (Fsp3) is 0.800. The molecule has 1 saturated carbocycles. The zero-order chi connectivity index (χ0) is 7.28. The molecule has 0 radical (unpaired) electrons. The van der Waals surface area contributed by atoms with Gasteiger partial charge in [0.15, 0.2) is 0 Å². The number of carbonyl (C=O) groups is 1. The van der Waals surface area contributed by atoms with E-state index in [2.05, 4.69) is 0 Å². The largest absolute Gasteiger partial charge is 0.549 e. The van der Waals surface area contributed by atoms with Gasteiger partial charge in [-0.25, -0.2) is 0 Å². The Kier molecular flexibility index (Phi) is 1.24. The first kappa shape index (κ1) is 7.16. The molecule has 9 heavy (non-hydrogen) atoms. The molecule has 52 valence electrons. The molecule has 1 rings (SSSR count). The van der Waals surface area contributed by atoms with Crippen molar-refractivity contribution in [2.75, 3.05) is 0 Å². The fourth-order valence-electron chi connectivity index (χ4n) is 0.621. The minimum atomic E-state index is -1.17. The Morgan fingerprint density at radius 2 is 2.00 bits per heavy atom. The van der Waals surface area contributed by atoms with Gasteiger partial charge in [-0.1, -0.05) is 6.92 Å². The number of rotatable bonds is 1. The minimum absolute atomic E-state index is 0.283. The number of hydrogen-bond acceptors (Lipinski definition) is 2. The molecule has 4 heteroatoms. The average Bonchev–Trinajstić information content (AvgIpc) is 2.08. The van der Waals surface area contributed by atoms with E-state index in [-0.39, 0.29) is 6.42 Å². The van der Waals surface area contributed by atoms with Crippen molar-refractivity contribution in [3.8, 4) is 0 Å². The predicted octanol–water partition coefficient (Wildman–Crippen LogP) is 0.320. The van der Waals surface area contributed by atoms with Gasteiger partial charge in [0, 0.05) is 5.41 Å². The lowest BCUT2D eigenvalue weighted by molar-refractivity contribution is -0.313. The normalized spacial score (nSPS) is 38.1. The van der Waals surface area contributed by atoms with E-state index in [1.54, 1.807) is 0 Å². The third-order valence-corrected chi connectivity index (χ3v) is 2.81. The van der Waals surface area contributed by atoms with Gasteiger partial charge in [-0.15, -0.1) is 23.2 Å². The van der Waals surface area contributed by atoms with E-state index in [9.17, 15) is 9.90 Å². The van der Waals surface area contributed by atoms with E-state index in [0.29, 0.717) is 0 Å². The maximum Gasteiger partial charge on any atom is 0.129 e. The molecule has 1 fully saturated rings. The van der Waals surface area contributed by atoms with E-state index in [0.717, 1.165) is 0 Å².